The molecule has 0 unspecified atom stereocenters. The first-order valence-electron chi connectivity index (χ1n) is 12.2. The summed E-state index contributed by atoms with van der Waals surface area (Å²) in [5.74, 6) is 0.669. The molecule has 10 heteroatoms. The largest absolute Gasteiger partial charge is 0.492 e. The zero-order valence-corrected chi connectivity index (χ0v) is 20.0. The number of carbonyl (C=O) groups is 3. The van der Waals surface area contributed by atoms with E-state index in [0.29, 0.717) is 56.5 Å². The lowest BCUT2D eigenvalue weighted by molar-refractivity contribution is -0.131. The Morgan fingerprint density at radius 3 is 2.44 bits per heavy atom. The topological polar surface area (TPSA) is 109 Å². The van der Waals surface area contributed by atoms with Crippen LogP contribution in [0.25, 0.3) is 0 Å². The Kier molecular flexibility index (Phi) is 7.45. The Morgan fingerprint density at radius 1 is 1.09 bits per heavy atom. The van der Waals surface area contributed by atoms with Crippen LogP contribution in [0.1, 0.15) is 46.0 Å². The molecule has 4 rings (SSSR count). The molecule has 1 aromatic carbocycles. The summed E-state index contributed by atoms with van der Waals surface area (Å²) in [6.07, 6.45) is 3.16. The van der Waals surface area contributed by atoms with Gasteiger partial charge in [0, 0.05) is 38.2 Å². The average molecular weight is 475 g/mol. The fraction of sp³-hybridized carbons (Fsp3) is 0.625. The molecule has 1 aromatic rings. The maximum Gasteiger partial charge on any atom is 0.325 e. The molecular formula is C24H34N4O6. The molecule has 2 aliphatic heterocycles. The number of hydrogen-bond donors (Lipinski definition) is 2. The third kappa shape index (κ3) is 4.91. The minimum absolute atomic E-state index is 0.00398. The zero-order chi connectivity index (χ0) is 24.1. The fourth-order valence-corrected chi connectivity index (χ4v) is 4.87. The number of amides is 4. The molecule has 0 atom stereocenters. The van der Waals surface area contributed by atoms with E-state index in [-0.39, 0.29) is 24.8 Å². The average Bonchev–Trinajstić information content (AvgIpc) is 3.39. The highest BCUT2D eigenvalue weighted by Crippen LogP contribution is 2.39. The van der Waals surface area contributed by atoms with Crippen LogP contribution in [0.5, 0.6) is 11.5 Å². The van der Waals surface area contributed by atoms with Gasteiger partial charge < -0.3 is 29.7 Å². The lowest BCUT2D eigenvalue weighted by Crippen LogP contribution is -2.44. The summed E-state index contributed by atoms with van der Waals surface area (Å²) in [5, 5.41) is 5.73. The van der Waals surface area contributed by atoms with Gasteiger partial charge in [-0.1, -0.05) is 12.8 Å². The molecule has 1 spiro atoms. The van der Waals surface area contributed by atoms with E-state index < -0.39 is 11.6 Å². The van der Waals surface area contributed by atoms with Crippen molar-refractivity contribution in [3.63, 3.8) is 0 Å². The van der Waals surface area contributed by atoms with Gasteiger partial charge in [0.25, 0.3) is 5.91 Å². The SMILES string of the molecule is CCOc1cc(N2CCOCC2)c(OCC)cc1NC(=O)CCN1C(=O)NC2(CCCC2)C1=O. The molecule has 2 saturated heterocycles. The summed E-state index contributed by atoms with van der Waals surface area (Å²) >= 11 is 0. The van der Waals surface area contributed by atoms with Gasteiger partial charge in [0.15, 0.2) is 0 Å². The number of ether oxygens (including phenoxy) is 3. The third-order valence-electron chi connectivity index (χ3n) is 6.55. The van der Waals surface area contributed by atoms with Crippen LogP contribution in [0.3, 0.4) is 0 Å². The first kappa shape index (κ1) is 24.1. The maximum atomic E-state index is 12.8. The number of benzene rings is 1. The number of rotatable bonds is 9. The van der Waals surface area contributed by atoms with Crippen molar-refractivity contribution in [3.05, 3.63) is 12.1 Å². The van der Waals surface area contributed by atoms with Gasteiger partial charge in [0.1, 0.15) is 17.0 Å². The third-order valence-corrected chi connectivity index (χ3v) is 6.55. The van der Waals surface area contributed by atoms with Crippen LogP contribution in [-0.4, -0.2) is 74.3 Å². The Hall–Kier alpha value is -3.01. The van der Waals surface area contributed by atoms with Crippen LogP contribution in [-0.2, 0) is 14.3 Å². The lowest BCUT2D eigenvalue weighted by atomic mass is 9.98. The molecule has 3 fully saturated rings. The molecule has 10 nitrogen and oxygen atoms in total. The van der Waals surface area contributed by atoms with Crippen molar-refractivity contribution in [2.75, 3.05) is 56.3 Å². The second kappa shape index (κ2) is 10.5. The van der Waals surface area contributed by atoms with Crippen LogP contribution in [0.15, 0.2) is 12.1 Å². The number of anilines is 2. The highest BCUT2D eigenvalue weighted by atomic mass is 16.5. The van der Waals surface area contributed by atoms with Crippen LogP contribution < -0.4 is 25.0 Å². The molecule has 0 radical (unpaired) electrons. The zero-order valence-electron chi connectivity index (χ0n) is 20.0. The minimum Gasteiger partial charge on any atom is -0.492 e. The second-order valence-corrected chi connectivity index (χ2v) is 8.76. The highest BCUT2D eigenvalue weighted by molar-refractivity contribution is 6.07. The van der Waals surface area contributed by atoms with E-state index in [4.69, 9.17) is 14.2 Å². The van der Waals surface area contributed by atoms with Crippen LogP contribution in [0.4, 0.5) is 16.2 Å². The van der Waals surface area contributed by atoms with Crippen LogP contribution >= 0.6 is 0 Å². The maximum absolute atomic E-state index is 12.8. The van der Waals surface area contributed by atoms with E-state index in [9.17, 15) is 14.4 Å². The second-order valence-electron chi connectivity index (χ2n) is 8.76. The van der Waals surface area contributed by atoms with Gasteiger partial charge in [-0.3, -0.25) is 14.5 Å². The van der Waals surface area contributed by atoms with Gasteiger partial charge in [-0.25, -0.2) is 4.79 Å². The summed E-state index contributed by atoms with van der Waals surface area (Å²) < 4.78 is 17.2. The first-order valence-corrected chi connectivity index (χ1v) is 12.2. The molecule has 0 bridgehead atoms. The van der Waals surface area contributed by atoms with Crippen molar-refractivity contribution in [2.45, 2.75) is 51.5 Å². The molecule has 3 aliphatic rings. The lowest BCUT2D eigenvalue weighted by Gasteiger charge is -2.31. The monoisotopic (exact) mass is 474 g/mol. The fourth-order valence-electron chi connectivity index (χ4n) is 4.87. The van der Waals surface area contributed by atoms with E-state index in [1.165, 1.54) is 4.90 Å². The van der Waals surface area contributed by atoms with E-state index in [2.05, 4.69) is 15.5 Å². The Balaban J connectivity index is 1.46. The number of imide groups is 1. The predicted octanol–water partition coefficient (Wildman–Crippen LogP) is 2.51. The Morgan fingerprint density at radius 2 is 1.76 bits per heavy atom. The van der Waals surface area contributed by atoms with E-state index in [1.807, 2.05) is 19.9 Å². The van der Waals surface area contributed by atoms with Gasteiger partial charge in [-0.15, -0.1) is 0 Å². The van der Waals surface area contributed by atoms with Crippen LogP contribution in [0.2, 0.25) is 0 Å². The molecule has 1 saturated carbocycles. The van der Waals surface area contributed by atoms with E-state index in [1.54, 1.807) is 6.07 Å². The first-order chi connectivity index (χ1) is 16.5. The van der Waals surface area contributed by atoms with Gasteiger partial charge in [0.2, 0.25) is 5.91 Å². The normalized spacial score (nSPS) is 19.5. The van der Waals surface area contributed by atoms with Gasteiger partial charge in [-0.05, 0) is 26.7 Å². The smallest absolute Gasteiger partial charge is 0.325 e. The van der Waals surface area contributed by atoms with E-state index >= 15 is 0 Å². The summed E-state index contributed by atoms with van der Waals surface area (Å²) in [7, 11) is 0. The van der Waals surface area contributed by atoms with Crippen molar-refractivity contribution < 1.29 is 28.6 Å². The molecule has 2 N–H and O–H groups in total. The van der Waals surface area contributed by atoms with Crippen molar-refractivity contribution in [2.24, 2.45) is 0 Å². The molecule has 4 amide bonds. The minimum atomic E-state index is -0.766. The van der Waals surface area contributed by atoms with Gasteiger partial charge in [-0.2, -0.15) is 0 Å². The van der Waals surface area contributed by atoms with E-state index in [0.717, 1.165) is 31.6 Å². The predicted molar refractivity (Wildman–Crippen MR) is 127 cm³/mol. The standard InChI is InChI=1S/C24H34N4O6/c1-3-33-19-16-18(27-11-13-32-14-12-27)20(34-4-2)15-17(19)25-21(29)7-10-28-22(30)24(26-23(28)31)8-5-6-9-24/h15-16H,3-14H2,1-2H3,(H,25,29)(H,26,31). The number of morpholine rings is 1. The molecule has 186 valence electrons. The molecule has 34 heavy (non-hydrogen) atoms. The molecule has 0 aromatic heterocycles. The quantitative estimate of drug-likeness (QED) is 0.529. The Labute approximate surface area is 199 Å². The summed E-state index contributed by atoms with van der Waals surface area (Å²) in [4.78, 5) is 41.3. The molecule has 1 aliphatic carbocycles. The van der Waals surface area contributed by atoms with Crippen molar-refractivity contribution in [1.29, 1.82) is 0 Å². The van der Waals surface area contributed by atoms with Gasteiger partial charge in [0.05, 0.1) is 37.8 Å². The van der Waals surface area contributed by atoms with Crippen LogP contribution in [0, 0.1) is 0 Å². The van der Waals surface area contributed by atoms with Crippen molar-refractivity contribution >= 4 is 29.2 Å². The number of urea groups is 1. The molecular weight excluding hydrogens is 440 g/mol. The van der Waals surface area contributed by atoms with Crippen molar-refractivity contribution in [1.82, 2.24) is 10.2 Å². The summed E-state index contributed by atoms with van der Waals surface area (Å²) in [5.41, 5.74) is 0.627. The summed E-state index contributed by atoms with van der Waals surface area (Å²) in [6, 6.07) is 3.25. The van der Waals surface area contributed by atoms with Crippen molar-refractivity contribution in [3.8, 4) is 11.5 Å². The highest BCUT2D eigenvalue weighted by Gasteiger charge is 2.52. The molecule has 2 heterocycles. The number of carbonyl (C=O) groups excluding carboxylic acids is 3. The van der Waals surface area contributed by atoms with Gasteiger partial charge >= 0.3 is 6.03 Å². The number of nitrogens with one attached hydrogen (secondary N) is 2. The Bertz CT molecular complexity index is 924. The number of hydrogen-bond acceptors (Lipinski definition) is 7. The number of nitrogens with zero attached hydrogens (tertiary/aromatic N) is 2. The summed E-state index contributed by atoms with van der Waals surface area (Å²) in [6.45, 7) is 7.49.